The fraction of sp³-hybridized carbons (Fsp3) is 0.833. The number of hydrogen-bond donors (Lipinski definition) is 0. The second kappa shape index (κ2) is 6.28. The van der Waals surface area contributed by atoms with Crippen LogP contribution in [0.3, 0.4) is 0 Å². The standard InChI is InChI=1S/C12H22/c1-2-3-4-5-6-7-8-9-12-10-11-12/h2,12H,1,3-11H2. The summed E-state index contributed by atoms with van der Waals surface area (Å²) in [5, 5.41) is 0. The van der Waals surface area contributed by atoms with E-state index >= 15 is 0 Å². The molecular weight excluding hydrogens is 144 g/mol. The molecule has 0 heteroatoms. The van der Waals surface area contributed by atoms with Crippen molar-refractivity contribution in [2.45, 2.75) is 57.8 Å². The van der Waals surface area contributed by atoms with Gasteiger partial charge in [-0.25, -0.2) is 0 Å². The Hall–Kier alpha value is -0.260. The zero-order valence-corrected chi connectivity index (χ0v) is 8.23. The SMILES string of the molecule is C=CCCCCCCCC1CC1. The topological polar surface area (TPSA) is 0 Å². The molecule has 0 aromatic heterocycles. The summed E-state index contributed by atoms with van der Waals surface area (Å²) in [7, 11) is 0. The van der Waals surface area contributed by atoms with Crippen LogP contribution in [0.25, 0.3) is 0 Å². The summed E-state index contributed by atoms with van der Waals surface area (Å²) in [6.45, 7) is 3.73. The first-order valence-corrected chi connectivity index (χ1v) is 5.54. The average Bonchev–Trinajstić information content (AvgIpc) is 2.87. The highest BCUT2D eigenvalue weighted by atomic mass is 14.2. The third kappa shape index (κ3) is 5.40. The van der Waals surface area contributed by atoms with Crippen molar-refractivity contribution in [2.24, 2.45) is 5.92 Å². The third-order valence-corrected chi connectivity index (χ3v) is 2.72. The van der Waals surface area contributed by atoms with E-state index in [2.05, 4.69) is 6.58 Å². The largest absolute Gasteiger partial charge is 0.103 e. The van der Waals surface area contributed by atoms with Crippen molar-refractivity contribution in [3.05, 3.63) is 12.7 Å². The highest BCUT2D eigenvalue weighted by molar-refractivity contribution is 4.72. The van der Waals surface area contributed by atoms with Gasteiger partial charge in [0.25, 0.3) is 0 Å². The molecule has 0 aliphatic heterocycles. The van der Waals surface area contributed by atoms with Crippen molar-refractivity contribution in [3.63, 3.8) is 0 Å². The van der Waals surface area contributed by atoms with Crippen LogP contribution in [0.1, 0.15) is 57.8 Å². The first kappa shape index (κ1) is 9.83. The van der Waals surface area contributed by atoms with Gasteiger partial charge in [-0.3, -0.25) is 0 Å². The molecule has 0 saturated heterocycles. The van der Waals surface area contributed by atoms with E-state index < -0.39 is 0 Å². The molecule has 0 spiro atoms. The van der Waals surface area contributed by atoms with Crippen LogP contribution in [0.4, 0.5) is 0 Å². The van der Waals surface area contributed by atoms with Crippen LogP contribution < -0.4 is 0 Å². The fourth-order valence-electron chi connectivity index (χ4n) is 1.66. The average molecular weight is 166 g/mol. The lowest BCUT2D eigenvalue weighted by molar-refractivity contribution is 0.573. The minimum absolute atomic E-state index is 1.14. The second-order valence-electron chi connectivity index (χ2n) is 4.08. The maximum absolute atomic E-state index is 3.73. The van der Waals surface area contributed by atoms with E-state index in [-0.39, 0.29) is 0 Å². The molecule has 0 atom stereocenters. The van der Waals surface area contributed by atoms with Crippen LogP contribution >= 0.6 is 0 Å². The molecule has 0 aromatic rings. The summed E-state index contributed by atoms with van der Waals surface area (Å²) >= 11 is 0. The summed E-state index contributed by atoms with van der Waals surface area (Å²) in [4.78, 5) is 0. The summed E-state index contributed by atoms with van der Waals surface area (Å²) in [5.41, 5.74) is 0. The van der Waals surface area contributed by atoms with Crippen molar-refractivity contribution in [1.29, 1.82) is 0 Å². The summed E-state index contributed by atoms with van der Waals surface area (Å²) in [6, 6.07) is 0. The number of allylic oxidation sites excluding steroid dienone is 1. The highest BCUT2D eigenvalue weighted by Gasteiger charge is 2.19. The Bertz CT molecular complexity index is 111. The smallest absolute Gasteiger partial charge is 0.0353 e. The predicted molar refractivity (Wildman–Crippen MR) is 55.2 cm³/mol. The lowest BCUT2D eigenvalue weighted by Crippen LogP contribution is -1.80. The van der Waals surface area contributed by atoms with Gasteiger partial charge in [0.15, 0.2) is 0 Å². The van der Waals surface area contributed by atoms with Gasteiger partial charge in [-0.15, -0.1) is 6.58 Å². The molecule has 0 bridgehead atoms. The van der Waals surface area contributed by atoms with E-state index in [4.69, 9.17) is 0 Å². The van der Waals surface area contributed by atoms with E-state index in [9.17, 15) is 0 Å². The van der Waals surface area contributed by atoms with Crippen LogP contribution in [0, 0.1) is 5.92 Å². The number of hydrogen-bond acceptors (Lipinski definition) is 0. The number of unbranched alkanes of at least 4 members (excludes halogenated alkanes) is 5. The van der Waals surface area contributed by atoms with Crippen molar-refractivity contribution in [2.75, 3.05) is 0 Å². The molecule has 0 heterocycles. The van der Waals surface area contributed by atoms with Gasteiger partial charge >= 0.3 is 0 Å². The molecule has 1 rings (SSSR count). The van der Waals surface area contributed by atoms with Gasteiger partial charge < -0.3 is 0 Å². The van der Waals surface area contributed by atoms with Crippen LogP contribution in [-0.2, 0) is 0 Å². The molecule has 0 aromatic carbocycles. The minimum atomic E-state index is 1.14. The zero-order valence-electron chi connectivity index (χ0n) is 8.23. The fourth-order valence-corrected chi connectivity index (χ4v) is 1.66. The monoisotopic (exact) mass is 166 g/mol. The van der Waals surface area contributed by atoms with E-state index in [0.717, 1.165) is 5.92 Å². The molecule has 1 saturated carbocycles. The zero-order chi connectivity index (χ0) is 8.65. The van der Waals surface area contributed by atoms with Gasteiger partial charge in [0, 0.05) is 0 Å². The first-order valence-electron chi connectivity index (χ1n) is 5.54. The third-order valence-electron chi connectivity index (χ3n) is 2.72. The highest BCUT2D eigenvalue weighted by Crippen LogP contribution is 2.34. The lowest BCUT2D eigenvalue weighted by atomic mass is 10.1. The maximum atomic E-state index is 3.73. The van der Waals surface area contributed by atoms with Crippen LogP contribution in [0.15, 0.2) is 12.7 Å². The van der Waals surface area contributed by atoms with Crippen molar-refractivity contribution >= 4 is 0 Å². The van der Waals surface area contributed by atoms with Crippen LogP contribution in [0.5, 0.6) is 0 Å². The van der Waals surface area contributed by atoms with Gasteiger partial charge in [0.2, 0.25) is 0 Å². The Morgan fingerprint density at radius 2 is 1.67 bits per heavy atom. The normalized spacial score (nSPS) is 16.3. The molecule has 0 N–H and O–H groups in total. The Balaban J connectivity index is 1.67. The van der Waals surface area contributed by atoms with E-state index in [0.29, 0.717) is 0 Å². The van der Waals surface area contributed by atoms with Crippen LogP contribution in [0.2, 0.25) is 0 Å². The predicted octanol–water partition coefficient (Wildman–Crippen LogP) is 4.31. The van der Waals surface area contributed by atoms with E-state index in [1.165, 1.54) is 57.8 Å². The molecule has 0 radical (unpaired) electrons. The summed E-state index contributed by atoms with van der Waals surface area (Å²) in [6.07, 6.45) is 15.0. The van der Waals surface area contributed by atoms with Gasteiger partial charge in [0.05, 0.1) is 0 Å². The maximum Gasteiger partial charge on any atom is -0.0353 e. The molecule has 0 amide bonds. The molecular formula is C12H22. The molecule has 1 fully saturated rings. The Labute approximate surface area is 77.1 Å². The molecule has 12 heavy (non-hydrogen) atoms. The summed E-state index contributed by atoms with van der Waals surface area (Å²) < 4.78 is 0. The second-order valence-corrected chi connectivity index (χ2v) is 4.08. The molecule has 1 aliphatic rings. The number of rotatable bonds is 8. The van der Waals surface area contributed by atoms with Gasteiger partial charge in [-0.05, 0) is 18.8 Å². The van der Waals surface area contributed by atoms with Crippen LogP contribution in [-0.4, -0.2) is 0 Å². The Morgan fingerprint density at radius 1 is 1.00 bits per heavy atom. The van der Waals surface area contributed by atoms with Crippen molar-refractivity contribution in [3.8, 4) is 0 Å². The Kier molecular flexibility index (Phi) is 5.14. The summed E-state index contributed by atoms with van der Waals surface area (Å²) in [5.74, 6) is 1.14. The van der Waals surface area contributed by atoms with Gasteiger partial charge in [0.1, 0.15) is 0 Å². The Morgan fingerprint density at radius 3 is 2.33 bits per heavy atom. The molecule has 0 unspecified atom stereocenters. The van der Waals surface area contributed by atoms with Crippen molar-refractivity contribution in [1.82, 2.24) is 0 Å². The van der Waals surface area contributed by atoms with E-state index in [1.807, 2.05) is 6.08 Å². The van der Waals surface area contributed by atoms with Crippen molar-refractivity contribution < 1.29 is 0 Å². The molecule has 1 aliphatic carbocycles. The van der Waals surface area contributed by atoms with Gasteiger partial charge in [-0.2, -0.15) is 0 Å². The molecule has 70 valence electrons. The van der Waals surface area contributed by atoms with Gasteiger partial charge in [-0.1, -0.05) is 51.0 Å². The quantitative estimate of drug-likeness (QED) is 0.372. The van der Waals surface area contributed by atoms with E-state index in [1.54, 1.807) is 0 Å². The first-order chi connectivity index (χ1) is 5.93. The lowest BCUT2D eigenvalue weighted by Gasteiger charge is -1.98. The molecule has 0 nitrogen and oxygen atoms in total. The minimum Gasteiger partial charge on any atom is -0.103 e.